The Balaban J connectivity index is 1.95. The van der Waals surface area contributed by atoms with Crippen LogP contribution in [0.4, 0.5) is 0 Å². The number of hydrogen-bond donors (Lipinski definition) is 3. The zero-order chi connectivity index (χ0) is 20.9. The van der Waals surface area contributed by atoms with Crippen LogP contribution in [0.1, 0.15) is 30.9 Å². The number of amides is 1. The van der Waals surface area contributed by atoms with Gasteiger partial charge in [0.15, 0.2) is 5.96 Å². The monoisotopic (exact) mass is 396 g/mol. The number of aliphatic hydroxyl groups excluding tert-OH is 1. The number of aliphatic imine (C=N–C) groups is 1. The Hall–Kier alpha value is -2.86. The molecule has 0 aliphatic rings. The first-order valence-corrected chi connectivity index (χ1v) is 10.2. The number of hydrogen-bond acceptors (Lipinski definition) is 3. The molecule has 29 heavy (non-hydrogen) atoms. The van der Waals surface area contributed by atoms with Gasteiger partial charge in [-0.2, -0.15) is 0 Å². The average molecular weight is 397 g/mol. The third kappa shape index (κ3) is 7.58. The highest BCUT2D eigenvalue weighted by molar-refractivity contribution is 5.85. The molecule has 0 fully saturated rings. The first-order chi connectivity index (χ1) is 14.2. The average Bonchev–Trinajstić information content (AvgIpc) is 2.77. The van der Waals surface area contributed by atoms with Crippen LogP contribution in [0, 0.1) is 0 Å². The maximum absolute atomic E-state index is 12.6. The molecule has 0 saturated heterocycles. The summed E-state index contributed by atoms with van der Waals surface area (Å²) in [6.07, 6.45) is 0. The van der Waals surface area contributed by atoms with Gasteiger partial charge in [-0.3, -0.25) is 4.79 Å². The van der Waals surface area contributed by atoms with Gasteiger partial charge < -0.3 is 20.6 Å². The fraction of sp³-hybridized carbons (Fsp3) is 0.391. The Bertz CT molecular complexity index is 750. The Kier molecular flexibility index (Phi) is 9.72. The van der Waals surface area contributed by atoms with Crippen LogP contribution in [0.5, 0.6) is 0 Å². The molecule has 156 valence electrons. The number of likely N-dealkylation sites (N-methyl/N-ethyl adjacent to an activating group) is 1. The molecule has 0 saturated carbocycles. The second kappa shape index (κ2) is 12.6. The van der Waals surface area contributed by atoms with Crippen LogP contribution in [-0.2, 0) is 11.3 Å². The highest BCUT2D eigenvalue weighted by Gasteiger charge is 2.13. The summed E-state index contributed by atoms with van der Waals surface area (Å²) in [6.45, 7) is 6.50. The van der Waals surface area contributed by atoms with Crippen molar-refractivity contribution in [3.05, 3.63) is 71.8 Å². The van der Waals surface area contributed by atoms with Gasteiger partial charge in [-0.05, 0) is 25.0 Å². The van der Waals surface area contributed by atoms with Crippen molar-refractivity contribution in [1.82, 2.24) is 15.5 Å². The maximum Gasteiger partial charge on any atom is 0.244 e. The van der Waals surface area contributed by atoms with Crippen molar-refractivity contribution in [3.63, 3.8) is 0 Å². The number of nitrogens with one attached hydrogen (secondary N) is 2. The van der Waals surface area contributed by atoms with Crippen molar-refractivity contribution in [2.75, 3.05) is 32.8 Å². The molecule has 0 heterocycles. The van der Waals surface area contributed by atoms with Crippen LogP contribution < -0.4 is 10.6 Å². The molecule has 3 N–H and O–H groups in total. The van der Waals surface area contributed by atoms with Crippen LogP contribution in [0.3, 0.4) is 0 Å². The molecular formula is C23H32N4O2. The van der Waals surface area contributed by atoms with E-state index in [0.29, 0.717) is 32.1 Å². The number of rotatable bonds is 10. The largest absolute Gasteiger partial charge is 0.396 e. The maximum atomic E-state index is 12.6. The van der Waals surface area contributed by atoms with Crippen molar-refractivity contribution < 1.29 is 9.90 Å². The van der Waals surface area contributed by atoms with Gasteiger partial charge in [0.05, 0.1) is 6.61 Å². The van der Waals surface area contributed by atoms with Crippen LogP contribution >= 0.6 is 0 Å². The molecule has 2 aromatic rings. The summed E-state index contributed by atoms with van der Waals surface area (Å²) in [7, 11) is 0. The van der Waals surface area contributed by atoms with E-state index in [-0.39, 0.29) is 25.0 Å². The lowest BCUT2D eigenvalue weighted by Gasteiger charge is -2.21. The summed E-state index contributed by atoms with van der Waals surface area (Å²) in [4.78, 5) is 18.9. The van der Waals surface area contributed by atoms with Gasteiger partial charge in [0.2, 0.25) is 5.91 Å². The van der Waals surface area contributed by atoms with E-state index in [1.807, 2.05) is 74.5 Å². The van der Waals surface area contributed by atoms with E-state index in [0.717, 1.165) is 11.1 Å². The highest BCUT2D eigenvalue weighted by atomic mass is 16.3. The van der Waals surface area contributed by atoms with E-state index in [9.17, 15) is 9.90 Å². The lowest BCUT2D eigenvalue weighted by atomic mass is 10.0. The molecule has 0 radical (unpaired) electrons. The Morgan fingerprint density at radius 2 is 1.69 bits per heavy atom. The fourth-order valence-corrected chi connectivity index (χ4v) is 3.00. The van der Waals surface area contributed by atoms with Gasteiger partial charge in [-0.1, -0.05) is 60.7 Å². The summed E-state index contributed by atoms with van der Waals surface area (Å²) >= 11 is 0. The van der Waals surface area contributed by atoms with Crippen LogP contribution in [0.25, 0.3) is 0 Å². The van der Waals surface area contributed by atoms with Gasteiger partial charge in [-0.25, -0.2) is 4.99 Å². The van der Waals surface area contributed by atoms with Gasteiger partial charge in [0.25, 0.3) is 0 Å². The van der Waals surface area contributed by atoms with Crippen molar-refractivity contribution in [1.29, 1.82) is 0 Å². The second-order valence-electron chi connectivity index (χ2n) is 6.76. The molecule has 0 bridgehead atoms. The minimum absolute atomic E-state index is 0.0182. The molecule has 0 spiro atoms. The predicted octanol–water partition coefficient (Wildman–Crippen LogP) is 2.37. The third-order valence-corrected chi connectivity index (χ3v) is 4.67. The molecule has 0 aliphatic heterocycles. The summed E-state index contributed by atoms with van der Waals surface area (Å²) in [5.74, 6) is 0.516. The van der Waals surface area contributed by atoms with Crippen molar-refractivity contribution in [2.24, 2.45) is 4.99 Å². The zero-order valence-electron chi connectivity index (χ0n) is 17.3. The fourth-order valence-electron chi connectivity index (χ4n) is 3.00. The lowest BCUT2D eigenvalue weighted by molar-refractivity contribution is -0.130. The molecule has 0 aliphatic carbocycles. The Morgan fingerprint density at radius 3 is 2.28 bits per heavy atom. The quantitative estimate of drug-likeness (QED) is 0.426. The van der Waals surface area contributed by atoms with Gasteiger partial charge in [-0.15, -0.1) is 0 Å². The van der Waals surface area contributed by atoms with Gasteiger partial charge in [0, 0.05) is 32.1 Å². The molecule has 6 nitrogen and oxygen atoms in total. The van der Waals surface area contributed by atoms with Crippen molar-refractivity contribution >= 4 is 11.9 Å². The Labute approximate surface area is 173 Å². The van der Waals surface area contributed by atoms with E-state index >= 15 is 0 Å². The number of benzene rings is 2. The van der Waals surface area contributed by atoms with Crippen molar-refractivity contribution in [3.8, 4) is 0 Å². The lowest BCUT2D eigenvalue weighted by Crippen LogP contribution is -2.41. The third-order valence-electron chi connectivity index (χ3n) is 4.67. The standard InChI is InChI=1S/C23H32N4O2/c1-3-24-23(25-15-21(18-28)20-13-9-6-10-14-20)26-16-22(29)27(4-2)17-19-11-7-5-8-12-19/h5-14,21,28H,3-4,15-18H2,1-2H3,(H2,24,25,26). The first kappa shape index (κ1) is 22.4. The second-order valence-corrected chi connectivity index (χ2v) is 6.76. The van der Waals surface area contributed by atoms with E-state index in [1.165, 1.54) is 0 Å². The smallest absolute Gasteiger partial charge is 0.244 e. The van der Waals surface area contributed by atoms with E-state index in [1.54, 1.807) is 4.90 Å². The molecule has 0 aromatic heterocycles. The van der Waals surface area contributed by atoms with Crippen LogP contribution in [-0.4, -0.2) is 54.7 Å². The molecule has 1 amide bonds. The van der Waals surface area contributed by atoms with Gasteiger partial charge >= 0.3 is 0 Å². The number of guanidine groups is 1. The number of aliphatic hydroxyl groups is 1. The molecule has 2 rings (SSSR count). The van der Waals surface area contributed by atoms with E-state index in [2.05, 4.69) is 15.6 Å². The zero-order valence-corrected chi connectivity index (χ0v) is 17.3. The SMILES string of the molecule is CCNC(=NCC(=O)N(CC)Cc1ccccc1)NCC(CO)c1ccccc1. The van der Waals surface area contributed by atoms with Gasteiger partial charge in [0.1, 0.15) is 6.54 Å². The first-order valence-electron chi connectivity index (χ1n) is 10.2. The van der Waals surface area contributed by atoms with E-state index in [4.69, 9.17) is 0 Å². The van der Waals surface area contributed by atoms with Crippen LogP contribution in [0.15, 0.2) is 65.7 Å². The summed E-state index contributed by atoms with van der Waals surface area (Å²) < 4.78 is 0. The molecule has 6 heteroatoms. The molecule has 1 unspecified atom stereocenters. The summed E-state index contributed by atoms with van der Waals surface area (Å²) in [6, 6.07) is 19.8. The minimum atomic E-state index is -0.0408. The highest BCUT2D eigenvalue weighted by Crippen LogP contribution is 2.13. The van der Waals surface area contributed by atoms with E-state index < -0.39 is 0 Å². The predicted molar refractivity (Wildman–Crippen MR) is 118 cm³/mol. The topological polar surface area (TPSA) is 77.0 Å². The normalized spacial score (nSPS) is 12.3. The van der Waals surface area contributed by atoms with Crippen LogP contribution in [0.2, 0.25) is 0 Å². The summed E-state index contributed by atoms with van der Waals surface area (Å²) in [5, 5.41) is 16.1. The number of carbonyl (C=O) groups excluding carboxylic acids is 1. The van der Waals surface area contributed by atoms with Crippen molar-refractivity contribution in [2.45, 2.75) is 26.3 Å². The number of nitrogens with zero attached hydrogens (tertiary/aromatic N) is 2. The molecule has 1 atom stereocenters. The Morgan fingerprint density at radius 1 is 1.03 bits per heavy atom. The number of carbonyl (C=O) groups is 1. The minimum Gasteiger partial charge on any atom is -0.396 e. The molecule has 2 aromatic carbocycles. The summed E-state index contributed by atoms with van der Waals surface area (Å²) in [5.41, 5.74) is 2.17. The molecular weight excluding hydrogens is 364 g/mol.